The maximum atomic E-state index is 14.4. The third-order valence-electron chi connectivity index (χ3n) is 9.25. The maximum Gasteiger partial charge on any atom is 0.183 e. The highest BCUT2D eigenvalue weighted by molar-refractivity contribution is 7.96. The summed E-state index contributed by atoms with van der Waals surface area (Å²) in [6.45, 7) is 0. The second-order valence-electron chi connectivity index (χ2n) is 11.1. The Morgan fingerprint density at radius 3 is 1.56 bits per heavy atom. The smallest absolute Gasteiger partial charge is 0.183 e. The van der Waals surface area contributed by atoms with Crippen molar-refractivity contribution in [3.05, 3.63) is 113 Å². The van der Waals surface area contributed by atoms with Crippen LogP contribution in [0.15, 0.2) is 111 Å². The lowest BCUT2D eigenvalue weighted by Crippen LogP contribution is -2.45. The molecule has 7 heteroatoms. The summed E-state index contributed by atoms with van der Waals surface area (Å²) in [5.74, 6) is -0.300. The van der Waals surface area contributed by atoms with Crippen molar-refractivity contribution in [2.45, 2.75) is 39.6 Å². The number of hydrogen-bond acceptors (Lipinski definition) is 5. The number of nitrogens with zero attached hydrogens (tertiary/aromatic N) is 1. The summed E-state index contributed by atoms with van der Waals surface area (Å²) in [5.41, 5.74) is 4.68. The Bertz CT molecular complexity index is 1680. The Balaban J connectivity index is 1.48. The fourth-order valence-corrected chi connectivity index (χ4v) is 12.7. The molecule has 0 aromatic heterocycles. The van der Waals surface area contributed by atoms with Crippen molar-refractivity contribution in [1.29, 1.82) is 5.26 Å². The van der Waals surface area contributed by atoms with Crippen molar-refractivity contribution in [1.82, 2.24) is 0 Å². The van der Waals surface area contributed by atoms with Crippen LogP contribution in [0, 0.1) is 35.0 Å². The number of rotatable bonds is 5. The number of fused-ring (bicyclic) bond motifs is 8. The molecule has 0 saturated heterocycles. The lowest BCUT2D eigenvalue weighted by Gasteiger charge is -2.35. The van der Waals surface area contributed by atoms with Crippen molar-refractivity contribution < 1.29 is 16.8 Å². The van der Waals surface area contributed by atoms with Crippen molar-refractivity contribution in [2.75, 3.05) is 0 Å². The normalized spacial score (nSPS) is 28.9. The predicted octanol–water partition coefficient (Wildman–Crippen LogP) is 5.61. The minimum Gasteiger partial charge on any atom is -0.223 e. The fraction of sp³-hybridized carbons (Fsp3) is 0.281. The van der Waals surface area contributed by atoms with Gasteiger partial charge in [0.1, 0.15) is 0 Å². The van der Waals surface area contributed by atoms with Crippen LogP contribution >= 0.6 is 0 Å². The first kappa shape index (κ1) is 24.6. The Labute approximate surface area is 229 Å². The molecule has 6 atom stereocenters. The topological polar surface area (TPSA) is 92.1 Å². The van der Waals surface area contributed by atoms with Gasteiger partial charge < -0.3 is 0 Å². The molecule has 7 rings (SSSR count). The first-order valence-electron chi connectivity index (χ1n) is 13.4. The molecule has 3 aromatic rings. The van der Waals surface area contributed by atoms with Crippen LogP contribution in [0.2, 0.25) is 0 Å². The number of sulfone groups is 2. The molecule has 4 bridgehead atoms. The van der Waals surface area contributed by atoms with E-state index >= 15 is 0 Å². The Morgan fingerprint density at radius 2 is 1.13 bits per heavy atom. The molecule has 0 radical (unpaired) electrons. The second-order valence-corrected chi connectivity index (χ2v) is 15.3. The van der Waals surface area contributed by atoms with Gasteiger partial charge in [-0.25, -0.2) is 16.8 Å². The van der Waals surface area contributed by atoms with Crippen LogP contribution in [0.4, 0.5) is 0 Å². The molecule has 2 fully saturated rings. The molecule has 4 aliphatic rings. The molecule has 0 unspecified atom stereocenters. The molecule has 0 spiro atoms. The van der Waals surface area contributed by atoms with Crippen LogP contribution in [0.25, 0.3) is 6.08 Å². The Morgan fingerprint density at radius 1 is 0.667 bits per heavy atom. The Kier molecular flexibility index (Phi) is 5.52. The highest BCUT2D eigenvalue weighted by Gasteiger charge is 2.67. The molecule has 3 aromatic carbocycles. The van der Waals surface area contributed by atoms with Crippen molar-refractivity contribution in [2.24, 2.45) is 23.7 Å². The van der Waals surface area contributed by atoms with Gasteiger partial charge in [0.2, 0.25) is 0 Å². The summed E-state index contributed by atoms with van der Waals surface area (Å²) >= 11 is 0. The molecule has 196 valence electrons. The molecule has 4 aliphatic carbocycles. The van der Waals surface area contributed by atoms with E-state index in [4.69, 9.17) is 0 Å². The summed E-state index contributed by atoms with van der Waals surface area (Å²) in [6, 6.07) is 25.9. The van der Waals surface area contributed by atoms with Crippen LogP contribution < -0.4 is 0 Å². The molecule has 5 nitrogen and oxygen atoms in total. The van der Waals surface area contributed by atoms with Gasteiger partial charge in [-0.1, -0.05) is 71.3 Å². The lowest BCUT2D eigenvalue weighted by atomic mass is 9.82. The summed E-state index contributed by atoms with van der Waals surface area (Å²) in [5, 5.41) is 7.04. The largest absolute Gasteiger partial charge is 0.223 e. The molecule has 0 heterocycles. The van der Waals surface area contributed by atoms with E-state index in [1.165, 1.54) is 11.1 Å². The van der Waals surface area contributed by atoms with Crippen LogP contribution in [0.3, 0.4) is 0 Å². The van der Waals surface area contributed by atoms with Gasteiger partial charge in [0, 0.05) is 11.8 Å². The zero-order chi connectivity index (χ0) is 26.9. The third-order valence-corrected chi connectivity index (χ3v) is 13.8. The van der Waals surface area contributed by atoms with E-state index in [2.05, 4.69) is 6.07 Å². The van der Waals surface area contributed by atoms with E-state index in [-0.39, 0.29) is 9.79 Å². The van der Waals surface area contributed by atoms with E-state index < -0.39 is 42.0 Å². The molecule has 0 N–H and O–H groups in total. The van der Waals surface area contributed by atoms with E-state index in [1.807, 2.05) is 18.2 Å². The fourth-order valence-electron chi connectivity index (χ4n) is 7.82. The van der Waals surface area contributed by atoms with Gasteiger partial charge in [-0.15, -0.1) is 0 Å². The van der Waals surface area contributed by atoms with Crippen molar-refractivity contribution in [3.8, 4) is 6.07 Å². The van der Waals surface area contributed by atoms with Gasteiger partial charge in [0.05, 0.1) is 31.9 Å². The minimum atomic E-state index is -4.00. The quantitative estimate of drug-likeness (QED) is 0.302. The SMILES string of the molecule is N#Cc1ccc(C=C2[C@H]3C4=C([C@H]5CC[C@H]4C5)[C@H]2[C@H](S(=O)(=O)c2ccccc2)[C@H]3S(=O)(=O)c2ccccc2)cc1. The summed E-state index contributed by atoms with van der Waals surface area (Å²) in [6.07, 6.45) is 5.07. The number of hydrogen-bond donors (Lipinski definition) is 0. The zero-order valence-electron chi connectivity index (χ0n) is 21.1. The van der Waals surface area contributed by atoms with Crippen molar-refractivity contribution in [3.63, 3.8) is 0 Å². The van der Waals surface area contributed by atoms with Gasteiger partial charge in [-0.3, -0.25) is 0 Å². The first-order chi connectivity index (χ1) is 18.8. The van der Waals surface area contributed by atoms with Gasteiger partial charge >= 0.3 is 0 Å². The van der Waals surface area contributed by atoms with E-state index in [9.17, 15) is 22.1 Å². The van der Waals surface area contributed by atoms with Crippen LogP contribution in [0.5, 0.6) is 0 Å². The maximum absolute atomic E-state index is 14.4. The summed E-state index contributed by atoms with van der Waals surface area (Å²) in [7, 11) is -8.00. The van der Waals surface area contributed by atoms with Crippen LogP contribution in [-0.4, -0.2) is 27.3 Å². The van der Waals surface area contributed by atoms with Gasteiger partial charge in [0.15, 0.2) is 19.7 Å². The number of allylic oxidation sites excluding steroid dienone is 3. The predicted molar refractivity (Wildman–Crippen MR) is 149 cm³/mol. The molecular formula is C32H27NO4S2. The molecular weight excluding hydrogens is 526 g/mol. The summed E-state index contributed by atoms with van der Waals surface area (Å²) in [4.78, 5) is 0.331. The minimum absolute atomic E-state index is 0.166. The van der Waals surface area contributed by atoms with Gasteiger partial charge in [-0.05, 0) is 73.1 Å². The summed E-state index contributed by atoms with van der Waals surface area (Å²) < 4.78 is 57.8. The number of benzene rings is 3. The highest BCUT2D eigenvalue weighted by Crippen LogP contribution is 2.68. The average Bonchev–Trinajstić information content (AvgIpc) is 3.73. The third kappa shape index (κ3) is 3.54. The lowest BCUT2D eigenvalue weighted by molar-refractivity contribution is 0.494. The molecule has 2 saturated carbocycles. The van der Waals surface area contributed by atoms with Gasteiger partial charge in [0.25, 0.3) is 0 Å². The standard InChI is InChI=1S/C32H27NO4S2/c33-19-21-13-11-20(12-14-21)17-26-29-27-22-15-16-23(18-22)28(27)30(26)32(39(36,37)25-9-5-2-6-10-25)31(29)38(34,35)24-7-3-1-4-8-24/h1-14,17,22-23,29-32H,15-16,18H2/t22-,23-,29-,30-,31-,32-/m0/s1. The highest BCUT2D eigenvalue weighted by atomic mass is 32.2. The average molecular weight is 554 g/mol. The van der Waals surface area contributed by atoms with Crippen molar-refractivity contribution >= 4 is 25.8 Å². The Hall–Kier alpha value is -3.47. The zero-order valence-corrected chi connectivity index (χ0v) is 22.8. The van der Waals surface area contributed by atoms with E-state index in [0.717, 1.165) is 30.4 Å². The van der Waals surface area contributed by atoms with Crippen LogP contribution in [-0.2, 0) is 19.7 Å². The monoisotopic (exact) mass is 553 g/mol. The molecule has 39 heavy (non-hydrogen) atoms. The van der Waals surface area contributed by atoms with Crippen LogP contribution in [0.1, 0.15) is 30.4 Å². The van der Waals surface area contributed by atoms with Gasteiger partial charge in [-0.2, -0.15) is 5.26 Å². The molecule has 0 aliphatic heterocycles. The van der Waals surface area contributed by atoms with E-state index in [1.54, 1.807) is 72.8 Å². The van der Waals surface area contributed by atoms with E-state index in [0.29, 0.717) is 17.4 Å². The number of nitriles is 1. The molecule has 0 amide bonds. The second kappa shape index (κ2) is 8.77. The first-order valence-corrected chi connectivity index (χ1v) is 16.4.